The third-order valence-corrected chi connectivity index (χ3v) is 5.69. The van der Waals surface area contributed by atoms with E-state index >= 15 is 0 Å². The number of aryl methyl sites for hydroxylation is 4. The number of fused-ring (bicyclic) bond motifs is 2. The average molecular weight is 396 g/mol. The summed E-state index contributed by atoms with van der Waals surface area (Å²) in [6.45, 7) is 6.59. The zero-order chi connectivity index (χ0) is 19.0. The SMILES string of the molecule is Cc1ccc2c(CC[NH2+]CCc3cn(C)c4cc(C)ccc34)cn(C)c2c1.[Cl-]. The van der Waals surface area contributed by atoms with Gasteiger partial charge in [0.15, 0.2) is 0 Å². The van der Waals surface area contributed by atoms with Crippen LogP contribution in [-0.4, -0.2) is 22.2 Å². The quantitative estimate of drug-likeness (QED) is 0.464. The van der Waals surface area contributed by atoms with Crippen molar-refractivity contribution in [3.63, 3.8) is 0 Å². The summed E-state index contributed by atoms with van der Waals surface area (Å²) in [5, 5.41) is 5.27. The molecule has 0 radical (unpaired) electrons. The number of nitrogens with zero attached hydrogens (tertiary/aromatic N) is 2. The van der Waals surface area contributed by atoms with Gasteiger partial charge in [0.2, 0.25) is 0 Å². The molecule has 0 atom stereocenters. The molecule has 0 bridgehead atoms. The highest BCUT2D eigenvalue weighted by atomic mass is 35.5. The Hall–Kier alpha value is -2.23. The van der Waals surface area contributed by atoms with Crippen molar-refractivity contribution in [1.29, 1.82) is 0 Å². The Balaban J connectivity index is 0.00000225. The first-order chi connectivity index (χ1) is 13.0. The molecule has 0 saturated heterocycles. The molecule has 0 unspecified atom stereocenters. The van der Waals surface area contributed by atoms with Gasteiger partial charge in [0.05, 0.1) is 13.1 Å². The molecule has 3 nitrogen and oxygen atoms in total. The number of quaternary nitrogens is 1. The van der Waals surface area contributed by atoms with Gasteiger partial charge in [-0.1, -0.05) is 24.3 Å². The first-order valence-corrected chi connectivity index (χ1v) is 9.94. The van der Waals surface area contributed by atoms with E-state index in [1.54, 1.807) is 0 Å². The molecule has 0 fully saturated rings. The summed E-state index contributed by atoms with van der Waals surface area (Å²) in [6, 6.07) is 13.6. The maximum Gasteiger partial charge on any atom is 0.0797 e. The Morgan fingerprint density at radius 1 is 0.714 bits per heavy atom. The zero-order valence-electron chi connectivity index (χ0n) is 17.3. The largest absolute Gasteiger partial charge is 1.00 e. The Labute approximate surface area is 173 Å². The molecule has 0 saturated carbocycles. The van der Waals surface area contributed by atoms with Crippen LogP contribution in [0.2, 0.25) is 0 Å². The summed E-state index contributed by atoms with van der Waals surface area (Å²) in [5.74, 6) is 0. The number of hydrogen-bond acceptors (Lipinski definition) is 0. The molecule has 4 rings (SSSR count). The monoisotopic (exact) mass is 395 g/mol. The predicted molar refractivity (Wildman–Crippen MR) is 114 cm³/mol. The molecule has 2 aromatic carbocycles. The van der Waals surface area contributed by atoms with Gasteiger partial charge in [0.25, 0.3) is 0 Å². The fraction of sp³-hybridized carbons (Fsp3) is 0.333. The van der Waals surface area contributed by atoms with Crippen molar-refractivity contribution < 1.29 is 17.7 Å². The molecule has 2 heterocycles. The van der Waals surface area contributed by atoms with E-state index in [1.807, 2.05) is 0 Å². The Morgan fingerprint density at radius 3 is 1.57 bits per heavy atom. The number of aromatic nitrogens is 2. The molecule has 0 aliphatic heterocycles. The lowest BCUT2D eigenvalue weighted by Gasteiger charge is -2.02. The minimum atomic E-state index is 0. The Bertz CT molecular complexity index is 1020. The summed E-state index contributed by atoms with van der Waals surface area (Å²) in [5.41, 5.74) is 8.26. The summed E-state index contributed by atoms with van der Waals surface area (Å²) >= 11 is 0. The number of nitrogens with two attached hydrogens (primary N) is 1. The highest BCUT2D eigenvalue weighted by Gasteiger charge is 2.09. The van der Waals surface area contributed by atoms with Crippen molar-refractivity contribution >= 4 is 21.8 Å². The predicted octanol–water partition coefficient (Wildman–Crippen LogP) is 0.639. The molecule has 2 N–H and O–H groups in total. The van der Waals surface area contributed by atoms with Crippen molar-refractivity contribution in [1.82, 2.24) is 9.13 Å². The van der Waals surface area contributed by atoms with Crippen LogP contribution < -0.4 is 17.7 Å². The fourth-order valence-electron chi connectivity index (χ4n) is 4.21. The van der Waals surface area contributed by atoms with E-state index in [2.05, 4.69) is 91.2 Å². The van der Waals surface area contributed by atoms with Crippen LogP contribution in [0.4, 0.5) is 0 Å². The maximum absolute atomic E-state index is 2.46. The van der Waals surface area contributed by atoms with Gasteiger partial charge < -0.3 is 26.9 Å². The highest BCUT2D eigenvalue weighted by Crippen LogP contribution is 2.23. The molecule has 0 aliphatic carbocycles. The van der Waals surface area contributed by atoms with Crippen LogP contribution in [0.15, 0.2) is 48.8 Å². The number of rotatable bonds is 6. The van der Waals surface area contributed by atoms with Crippen LogP contribution in [0.5, 0.6) is 0 Å². The molecule has 0 spiro atoms. The summed E-state index contributed by atoms with van der Waals surface area (Å²) in [7, 11) is 4.30. The second-order valence-corrected chi connectivity index (χ2v) is 7.94. The van der Waals surface area contributed by atoms with Gasteiger partial charge in [-0.05, 0) is 48.2 Å². The van der Waals surface area contributed by atoms with Crippen LogP contribution in [0.1, 0.15) is 22.3 Å². The first-order valence-electron chi connectivity index (χ1n) is 9.94. The molecule has 0 amide bonds. The summed E-state index contributed by atoms with van der Waals surface area (Å²) in [6.07, 6.45) is 6.83. The van der Waals surface area contributed by atoms with E-state index in [0.717, 1.165) is 25.9 Å². The number of halogens is 1. The third-order valence-electron chi connectivity index (χ3n) is 5.69. The Morgan fingerprint density at radius 2 is 1.14 bits per heavy atom. The molecule has 2 aromatic heterocycles. The van der Waals surface area contributed by atoms with Crippen molar-refractivity contribution in [3.8, 4) is 0 Å². The zero-order valence-corrected chi connectivity index (χ0v) is 18.1. The fourth-order valence-corrected chi connectivity index (χ4v) is 4.21. The second kappa shape index (κ2) is 8.42. The van der Waals surface area contributed by atoms with Gasteiger partial charge in [-0.15, -0.1) is 0 Å². The van der Waals surface area contributed by atoms with E-state index in [-0.39, 0.29) is 12.4 Å². The molecule has 0 aliphatic rings. The first kappa shape index (κ1) is 20.5. The lowest BCUT2D eigenvalue weighted by Crippen LogP contribution is -3.00. The maximum atomic E-state index is 2.46. The molecule has 4 heteroatoms. The smallest absolute Gasteiger partial charge is 0.0797 e. The lowest BCUT2D eigenvalue weighted by atomic mass is 10.1. The number of benzene rings is 2. The van der Waals surface area contributed by atoms with Crippen LogP contribution >= 0.6 is 0 Å². The Kier molecular flexibility index (Phi) is 6.17. The van der Waals surface area contributed by atoms with Crippen molar-refractivity contribution in [2.45, 2.75) is 26.7 Å². The second-order valence-electron chi connectivity index (χ2n) is 7.94. The van der Waals surface area contributed by atoms with Gasteiger partial charge in [0.1, 0.15) is 0 Å². The average Bonchev–Trinajstić information content (AvgIpc) is 3.12. The van der Waals surface area contributed by atoms with E-state index < -0.39 is 0 Å². The normalized spacial score (nSPS) is 11.3. The van der Waals surface area contributed by atoms with Crippen LogP contribution in [-0.2, 0) is 26.9 Å². The van der Waals surface area contributed by atoms with Gasteiger partial charge in [-0.2, -0.15) is 0 Å². The number of hydrogen-bond donors (Lipinski definition) is 1. The van der Waals surface area contributed by atoms with E-state index in [4.69, 9.17) is 0 Å². The minimum Gasteiger partial charge on any atom is -1.00 e. The molecule has 148 valence electrons. The third kappa shape index (κ3) is 3.96. The summed E-state index contributed by atoms with van der Waals surface area (Å²) < 4.78 is 4.52. The lowest BCUT2D eigenvalue weighted by molar-refractivity contribution is -0.653. The van der Waals surface area contributed by atoms with E-state index in [0.29, 0.717) is 0 Å². The van der Waals surface area contributed by atoms with Crippen LogP contribution in [0, 0.1) is 13.8 Å². The van der Waals surface area contributed by atoms with Crippen LogP contribution in [0.25, 0.3) is 21.8 Å². The topological polar surface area (TPSA) is 26.5 Å². The van der Waals surface area contributed by atoms with Crippen LogP contribution in [0.3, 0.4) is 0 Å². The molecule has 4 aromatic rings. The van der Waals surface area contributed by atoms with Crippen molar-refractivity contribution in [3.05, 3.63) is 71.0 Å². The van der Waals surface area contributed by atoms with Gasteiger partial charge in [-0.3, -0.25) is 0 Å². The molecular formula is C24H30ClN3. The van der Waals surface area contributed by atoms with E-state index in [1.165, 1.54) is 44.1 Å². The molecule has 28 heavy (non-hydrogen) atoms. The van der Waals surface area contributed by atoms with Gasteiger partial charge in [-0.25, -0.2) is 0 Å². The van der Waals surface area contributed by atoms with Gasteiger partial charge in [0, 0.05) is 61.1 Å². The highest BCUT2D eigenvalue weighted by molar-refractivity contribution is 5.85. The van der Waals surface area contributed by atoms with Crippen molar-refractivity contribution in [2.75, 3.05) is 13.1 Å². The summed E-state index contributed by atoms with van der Waals surface area (Å²) in [4.78, 5) is 0. The van der Waals surface area contributed by atoms with Crippen molar-refractivity contribution in [2.24, 2.45) is 14.1 Å². The molecular weight excluding hydrogens is 366 g/mol. The van der Waals surface area contributed by atoms with Gasteiger partial charge >= 0.3 is 0 Å². The van der Waals surface area contributed by atoms with E-state index in [9.17, 15) is 0 Å². The standard InChI is InChI=1S/C24H29N3.ClH/c1-17-5-7-21-19(15-26(3)23(21)13-17)9-11-25-12-10-20-16-27(4)24-14-18(2)6-8-22(20)24;/h5-8,13-16,25H,9-12H2,1-4H3;1H. The minimum absolute atomic E-state index is 0.